The zero-order valence-electron chi connectivity index (χ0n) is 16.3. The second kappa shape index (κ2) is 7.54. The number of benzene rings is 1. The number of hydrogen-bond donors (Lipinski definition) is 2. The lowest BCUT2D eigenvalue weighted by Gasteiger charge is -2.33. The van der Waals surface area contributed by atoms with Crippen molar-refractivity contribution in [1.29, 1.82) is 0 Å². The molecular weight excluding hydrogens is 406 g/mol. The van der Waals surface area contributed by atoms with Crippen LogP contribution in [0.25, 0.3) is 16.6 Å². The molecule has 0 aliphatic carbocycles. The fourth-order valence-electron chi connectivity index (χ4n) is 3.73. The summed E-state index contributed by atoms with van der Waals surface area (Å²) in [5.74, 6) is 1.15. The van der Waals surface area contributed by atoms with Crippen molar-refractivity contribution in [2.24, 2.45) is 0 Å². The molecule has 3 aromatic heterocycles. The average molecular weight is 426 g/mol. The summed E-state index contributed by atoms with van der Waals surface area (Å²) >= 11 is 6.36. The number of imidazole rings is 1. The maximum atomic E-state index is 13.5. The number of hydrogen-bond acceptors (Lipinski definition) is 8. The fourth-order valence-corrected chi connectivity index (χ4v) is 3.98. The molecule has 1 aromatic carbocycles. The number of piperazine rings is 1. The highest BCUT2D eigenvalue weighted by molar-refractivity contribution is 6.35. The Morgan fingerprint density at radius 3 is 2.90 bits per heavy atom. The Kier molecular flexibility index (Phi) is 4.72. The molecule has 1 aliphatic rings. The summed E-state index contributed by atoms with van der Waals surface area (Å²) in [7, 11) is 0. The van der Waals surface area contributed by atoms with Crippen LogP contribution in [0.2, 0.25) is 5.02 Å². The molecule has 0 bridgehead atoms. The first-order chi connectivity index (χ1) is 14.6. The highest BCUT2D eigenvalue weighted by Gasteiger charge is 2.23. The van der Waals surface area contributed by atoms with Gasteiger partial charge in [0.2, 0.25) is 0 Å². The maximum Gasteiger partial charge on any atom is 0.281 e. The van der Waals surface area contributed by atoms with Crippen LogP contribution in [0.15, 0.2) is 41.7 Å². The van der Waals surface area contributed by atoms with E-state index in [1.165, 1.54) is 6.33 Å². The average Bonchev–Trinajstić information content (AvgIpc) is 3.24. The van der Waals surface area contributed by atoms with Crippen LogP contribution in [0.5, 0.6) is 0 Å². The van der Waals surface area contributed by atoms with E-state index in [1.54, 1.807) is 39.8 Å². The fraction of sp³-hybridized carbons (Fsp3) is 0.316. The standard InChI is InChI=1S/C19H20ClN9O/c1-12(25-16-18-22-7-10-28(18)24-11-23-16)17-26-14-4-2-3-13(20)15(14)19(30)29(17)27-8-5-21-6-9-27/h2-4,7,10-12,21H,5-6,8-9H2,1H3,(H,23,24,25). The van der Waals surface area contributed by atoms with Gasteiger partial charge in [-0.1, -0.05) is 17.7 Å². The van der Waals surface area contributed by atoms with Crippen LogP contribution in [0, 0.1) is 0 Å². The summed E-state index contributed by atoms with van der Waals surface area (Å²) in [5, 5.41) is 13.6. The van der Waals surface area contributed by atoms with Crippen molar-refractivity contribution < 1.29 is 0 Å². The number of fused-ring (bicyclic) bond motifs is 2. The van der Waals surface area contributed by atoms with E-state index in [0.717, 1.165) is 13.1 Å². The molecule has 154 valence electrons. The van der Waals surface area contributed by atoms with E-state index in [9.17, 15) is 4.79 Å². The highest BCUT2D eigenvalue weighted by Crippen LogP contribution is 2.23. The molecule has 10 nitrogen and oxygen atoms in total. The molecule has 0 saturated carbocycles. The minimum absolute atomic E-state index is 0.176. The molecule has 2 N–H and O–H groups in total. The van der Waals surface area contributed by atoms with E-state index in [4.69, 9.17) is 16.6 Å². The predicted molar refractivity (Wildman–Crippen MR) is 115 cm³/mol. The van der Waals surface area contributed by atoms with Gasteiger partial charge in [-0.3, -0.25) is 4.79 Å². The molecule has 1 atom stereocenters. The predicted octanol–water partition coefficient (Wildman–Crippen LogP) is 1.20. The first kappa shape index (κ1) is 18.8. The molecule has 11 heteroatoms. The Labute approximate surface area is 176 Å². The van der Waals surface area contributed by atoms with Crippen molar-refractivity contribution in [2.75, 3.05) is 36.5 Å². The van der Waals surface area contributed by atoms with Gasteiger partial charge in [0.15, 0.2) is 17.3 Å². The van der Waals surface area contributed by atoms with Gasteiger partial charge in [-0.05, 0) is 19.1 Å². The van der Waals surface area contributed by atoms with Crippen molar-refractivity contribution in [2.45, 2.75) is 13.0 Å². The minimum atomic E-state index is -0.327. The van der Waals surface area contributed by atoms with Gasteiger partial charge < -0.3 is 15.6 Å². The Morgan fingerprint density at radius 2 is 2.07 bits per heavy atom. The van der Waals surface area contributed by atoms with Gasteiger partial charge in [-0.2, -0.15) is 5.10 Å². The third-order valence-electron chi connectivity index (χ3n) is 5.16. The molecule has 5 rings (SSSR count). The summed E-state index contributed by atoms with van der Waals surface area (Å²) in [6, 6.07) is 4.99. The normalized spacial score (nSPS) is 15.6. The summed E-state index contributed by atoms with van der Waals surface area (Å²) in [5.41, 5.74) is 0.991. The number of rotatable bonds is 4. The zero-order chi connectivity index (χ0) is 20.7. The second-order valence-corrected chi connectivity index (χ2v) is 7.50. The minimum Gasteiger partial charge on any atom is -0.357 e. The van der Waals surface area contributed by atoms with E-state index in [2.05, 4.69) is 25.7 Å². The third-order valence-corrected chi connectivity index (χ3v) is 5.48. The summed E-state index contributed by atoms with van der Waals surface area (Å²) in [6.45, 7) is 4.90. The van der Waals surface area contributed by atoms with Crippen molar-refractivity contribution in [3.8, 4) is 0 Å². The van der Waals surface area contributed by atoms with E-state index in [1.807, 2.05) is 11.9 Å². The molecule has 0 radical (unpaired) electrons. The van der Waals surface area contributed by atoms with E-state index < -0.39 is 0 Å². The molecular formula is C19H20ClN9O. The Morgan fingerprint density at radius 1 is 1.23 bits per heavy atom. The van der Waals surface area contributed by atoms with Crippen LogP contribution in [0.1, 0.15) is 18.8 Å². The molecule has 30 heavy (non-hydrogen) atoms. The van der Waals surface area contributed by atoms with Gasteiger partial charge in [0.05, 0.1) is 22.0 Å². The summed E-state index contributed by atoms with van der Waals surface area (Å²) in [6.07, 6.45) is 4.87. The number of halogens is 1. The topological polar surface area (TPSA) is 105 Å². The van der Waals surface area contributed by atoms with Gasteiger partial charge in [0.25, 0.3) is 5.56 Å². The third kappa shape index (κ3) is 3.14. The van der Waals surface area contributed by atoms with Gasteiger partial charge in [-0.25, -0.2) is 24.1 Å². The Balaban J connectivity index is 1.65. The monoisotopic (exact) mass is 425 g/mol. The molecule has 0 spiro atoms. The van der Waals surface area contributed by atoms with Crippen LogP contribution in [0.3, 0.4) is 0 Å². The van der Waals surface area contributed by atoms with Crippen LogP contribution in [-0.2, 0) is 0 Å². The zero-order valence-corrected chi connectivity index (χ0v) is 17.0. The Hall–Kier alpha value is -3.24. The number of nitrogens with zero attached hydrogens (tertiary/aromatic N) is 7. The lowest BCUT2D eigenvalue weighted by atomic mass is 10.2. The molecule has 1 saturated heterocycles. The van der Waals surface area contributed by atoms with E-state index in [-0.39, 0.29) is 11.6 Å². The number of anilines is 1. The summed E-state index contributed by atoms with van der Waals surface area (Å²) in [4.78, 5) is 27.0. The quantitative estimate of drug-likeness (QED) is 0.502. The highest BCUT2D eigenvalue weighted by atomic mass is 35.5. The first-order valence-corrected chi connectivity index (χ1v) is 10.1. The summed E-state index contributed by atoms with van der Waals surface area (Å²) < 4.78 is 3.29. The Bertz CT molecular complexity index is 1280. The van der Waals surface area contributed by atoms with Crippen LogP contribution in [0.4, 0.5) is 5.82 Å². The molecule has 0 amide bonds. The first-order valence-electron chi connectivity index (χ1n) is 9.71. The van der Waals surface area contributed by atoms with Crippen LogP contribution in [-0.4, -0.2) is 55.4 Å². The van der Waals surface area contributed by atoms with E-state index in [0.29, 0.717) is 46.3 Å². The van der Waals surface area contributed by atoms with Crippen molar-refractivity contribution in [3.05, 3.63) is 58.1 Å². The largest absolute Gasteiger partial charge is 0.357 e. The maximum absolute atomic E-state index is 13.5. The molecule has 4 aromatic rings. The molecule has 4 heterocycles. The molecule has 1 unspecified atom stereocenters. The van der Waals surface area contributed by atoms with Gasteiger partial charge >= 0.3 is 0 Å². The van der Waals surface area contributed by atoms with Crippen molar-refractivity contribution >= 4 is 34.0 Å². The van der Waals surface area contributed by atoms with Gasteiger partial charge in [0.1, 0.15) is 6.33 Å². The van der Waals surface area contributed by atoms with Crippen LogP contribution >= 0.6 is 11.6 Å². The van der Waals surface area contributed by atoms with Crippen molar-refractivity contribution in [3.63, 3.8) is 0 Å². The smallest absolute Gasteiger partial charge is 0.281 e. The lowest BCUT2D eigenvalue weighted by Crippen LogP contribution is -2.54. The SMILES string of the molecule is CC(Nc1ncnn2ccnc12)c1nc2cccc(Cl)c2c(=O)n1N1CCNCC1. The van der Waals surface area contributed by atoms with Crippen molar-refractivity contribution in [1.82, 2.24) is 34.6 Å². The van der Waals surface area contributed by atoms with Gasteiger partial charge in [0, 0.05) is 38.6 Å². The second-order valence-electron chi connectivity index (χ2n) is 7.09. The van der Waals surface area contributed by atoms with Gasteiger partial charge in [-0.15, -0.1) is 0 Å². The number of aromatic nitrogens is 6. The molecule has 1 fully saturated rings. The van der Waals surface area contributed by atoms with Crippen LogP contribution < -0.4 is 21.2 Å². The lowest BCUT2D eigenvalue weighted by molar-refractivity contribution is 0.461. The molecule has 1 aliphatic heterocycles. The number of nitrogens with one attached hydrogen (secondary N) is 2. The van der Waals surface area contributed by atoms with E-state index >= 15 is 0 Å².